The molecule has 4 N–H and O–H groups in total. The number of nitrogen functional groups attached to an aromatic ring is 1. The van der Waals surface area contributed by atoms with E-state index in [1.165, 1.54) is 0 Å². The van der Waals surface area contributed by atoms with E-state index in [-0.39, 0.29) is 18.2 Å². The number of nitrogens with one attached hydrogen (secondary N) is 2. The molecule has 3 amide bonds. The molecule has 1 atom stereocenters. The van der Waals surface area contributed by atoms with Gasteiger partial charge in [0.2, 0.25) is 0 Å². The van der Waals surface area contributed by atoms with Crippen molar-refractivity contribution in [1.82, 2.24) is 9.88 Å². The normalized spacial score (nSPS) is 14.8. The zero-order valence-electron chi connectivity index (χ0n) is 23.6. The summed E-state index contributed by atoms with van der Waals surface area (Å²) in [4.78, 5) is 31.2. The first kappa shape index (κ1) is 28.0. The topological polar surface area (TPSA) is 110 Å². The van der Waals surface area contributed by atoms with Crippen molar-refractivity contribution in [2.45, 2.75) is 52.2 Å². The zero-order valence-corrected chi connectivity index (χ0v) is 24.4. The number of carbonyl (C=O) groups excluding carboxylic acids is 2. The number of urea groups is 1. The first-order valence-corrected chi connectivity index (χ1v) is 14.4. The van der Waals surface area contributed by atoms with Crippen LogP contribution in [0.5, 0.6) is 0 Å². The molecule has 5 rings (SSSR count). The van der Waals surface area contributed by atoms with E-state index in [1.807, 2.05) is 81.6 Å². The molecule has 9 heteroatoms. The third kappa shape index (κ3) is 6.61. The molecule has 210 valence electrons. The predicted molar refractivity (Wildman–Crippen MR) is 166 cm³/mol. The summed E-state index contributed by atoms with van der Waals surface area (Å²) < 4.78 is 6.51. The van der Waals surface area contributed by atoms with Crippen LogP contribution in [-0.2, 0) is 4.74 Å². The molecule has 0 saturated carbocycles. The van der Waals surface area contributed by atoms with Gasteiger partial charge in [-0.2, -0.15) is 0 Å². The third-order valence-electron chi connectivity index (χ3n) is 6.61. The molecule has 2 aromatic carbocycles. The molecular formula is C32H33N5O3S. The third-order valence-corrected chi connectivity index (χ3v) is 7.62. The van der Waals surface area contributed by atoms with E-state index in [9.17, 15) is 9.59 Å². The van der Waals surface area contributed by atoms with Gasteiger partial charge in [0.15, 0.2) is 0 Å². The van der Waals surface area contributed by atoms with Crippen molar-refractivity contribution in [3.05, 3.63) is 71.2 Å². The first-order chi connectivity index (χ1) is 19.6. The number of hydrogen-bond acceptors (Lipinski definition) is 6. The van der Waals surface area contributed by atoms with Crippen molar-refractivity contribution in [1.29, 1.82) is 0 Å². The standard InChI is InChI=1S/C32H33N5O3S/c1-20-7-5-8-24(17-20)36-30(38)35-23-13-10-21(11-14-23)26-19-41-28-22(18-34-29(33)27(26)28)12-15-25-9-6-16-37(25)31(39)40-32(2,3)4/h5,7-8,10-11,13-14,17-19,25H,6,9,16H2,1-4H3,(H2,33,34)(H2,35,36,38)/t25-/m0/s1. The molecule has 0 spiro atoms. The number of likely N-dealkylation sites (tertiary alicyclic amines) is 1. The van der Waals surface area contributed by atoms with Crippen LogP contribution in [0.1, 0.15) is 44.7 Å². The van der Waals surface area contributed by atoms with Crippen LogP contribution in [0.25, 0.3) is 21.2 Å². The fraction of sp³-hybridized carbons (Fsp3) is 0.281. The smallest absolute Gasteiger partial charge is 0.411 e. The Morgan fingerprint density at radius 2 is 1.88 bits per heavy atom. The maximum Gasteiger partial charge on any atom is 0.411 e. The minimum atomic E-state index is -0.555. The molecule has 0 radical (unpaired) electrons. The monoisotopic (exact) mass is 567 g/mol. The largest absolute Gasteiger partial charge is 0.444 e. The van der Waals surface area contributed by atoms with Gasteiger partial charge in [-0.05, 0) is 81.3 Å². The van der Waals surface area contributed by atoms with Crippen LogP contribution in [0, 0.1) is 18.8 Å². The minimum Gasteiger partial charge on any atom is -0.444 e. The molecule has 0 aliphatic carbocycles. The second-order valence-electron chi connectivity index (χ2n) is 11.0. The molecule has 1 aliphatic heterocycles. The van der Waals surface area contributed by atoms with E-state index in [2.05, 4.69) is 27.5 Å². The Kier molecular flexibility index (Phi) is 7.86. The molecule has 0 bridgehead atoms. The summed E-state index contributed by atoms with van der Waals surface area (Å²) in [7, 11) is 0. The fourth-order valence-corrected chi connectivity index (χ4v) is 5.79. The summed E-state index contributed by atoms with van der Waals surface area (Å²) in [6.07, 6.45) is 3.04. The van der Waals surface area contributed by atoms with Gasteiger partial charge in [-0.15, -0.1) is 11.3 Å². The van der Waals surface area contributed by atoms with Gasteiger partial charge in [-0.3, -0.25) is 4.90 Å². The average molecular weight is 568 g/mol. The molecule has 1 aliphatic rings. The maximum absolute atomic E-state index is 12.7. The Bertz CT molecular complexity index is 1660. The van der Waals surface area contributed by atoms with Gasteiger partial charge in [0.1, 0.15) is 11.4 Å². The molecule has 2 aromatic heterocycles. The van der Waals surface area contributed by atoms with Gasteiger partial charge in [-0.25, -0.2) is 14.6 Å². The number of amides is 3. The SMILES string of the molecule is Cc1cccc(NC(=O)Nc2ccc(-c3csc4c(C#C[C@@H]5CCCN5C(=O)OC(C)(C)C)cnc(N)c34)cc2)c1. The van der Waals surface area contributed by atoms with Crippen LogP contribution >= 0.6 is 11.3 Å². The molecule has 0 unspecified atom stereocenters. The number of hydrogen-bond donors (Lipinski definition) is 3. The van der Waals surface area contributed by atoms with E-state index in [1.54, 1.807) is 22.4 Å². The summed E-state index contributed by atoms with van der Waals surface area (Å²) in [5, 5.41) is 8.60. The number of ether oxygens (including phenoxy) is 1. The Morgan fingerprint density at radius 3 is 2.61 bits per heavy atom. The Hall–Kier alpha value is -4.55. The fourth-order valence-electron chi connectivity index (χ4n) is 4.74. The van der Waals surface area contributed by atoms with Crippen LogP contribution in [0.4, 0.5) is 26.8 Å². The highest BCUT2D eigenvalue weighted by Crippen LogP contribution is 2.38. The number of nitrogens with zero attached hydrogens (tertiary/aromatic N) is 2. The van der Waals surface area contributed by atoms with Gasteiger partial charge in [-0.1, -0.05) is 36.1 Å². The number of fused-ring (bicyclic) bond motifs is 1. The van der Waals surface area contributed by atoms with Crippen molar-refractivity contribution < 1.29 is 14.3 Å². The number of thiophene rings is 1. The highest BCUT2D eigenvalue weighted by atomic mass is 32.1. The Morgan fingerprint density at radius 1 is 1.12 bits per heavy atom. The molecule has 1 saturated heterocycles. The molecule has 4 aromatic rings. The Balaban J connectivity index is 1.34. The maximum atomic E-state index is 12.7. The van der Waals surface area contributed by atoms with Gasteiger partial charge < -0.3 is 21.1 Å². The van der Waals surface area contributed by atoms with E-state index in [4.69, 9.17) is 10.5 Å². The Labute approximate surface area is 243 Å². The van der Waals surface area contributed by atoms with Crippen LogP contribution in [-0.4, -0.2) is 40.2 Å². The highest BCUT2D eigenvalue weighted by molar-refractivity contribution is 7.18. The quantitative estimate of drug-likeness (QED) is 0.226. The summed E-state index contributed by atoms with van der Waals surface area (Å²) in [5.74, 6) is 6.97. The number of benzene rings is 2. The highest BCUT2D eigenvalue weighted by Gasteiger charge is 2.31. The van der Waals surface area contributed by atoms with E-state index >= 15 is 0 Å². The number of pyridine rings is 1. The van der Waals surface area contributed by atoms with Gasteiger partial charge >= 0.3 is 12.1 Å². The van der Waals surface area contributed by atoms with Crippen LogP contribution in [0.3, 0.4) is 0 Å². The summed E-state index contributed by atoms with van der Waals surface area (Å²) >= 11 is 1.56. The van der Waals surface area contributed by atoms with E-state index in [0.717, 1.165) is 50.9 Å². The molecule has 8 nitrogen and oxygen atoms in total. The number of carbonyl (C=O) groups is 2. The summed E-state index contributed by atoms with van der Waals surface area (Å²) in [6, 6.07) is 14.7. The second-order valence-corrected chi connectivity index (χ2v) is 11.9. The lowest BCUT2D eigenvalue weighted by atomic mass is 10.0. The van der Waals surface area contributed by atoms with Gasteiger partial charge in [0.05, 0.1) is 16.3 Å². The molecule has 3 heterocycles. The van der Waals surface area contributed by atoms with Crippen molar-refractivity contribution in [2.75, 3.05) is 22.9 Å². The van der Waals surface area contributed by atoms with E-state index < -0.39 is 5.60 Å². The minimum absolute atomic E-state index is 0.208. The lowest BCUT2D eigenvalue weighted by Crippen LogP contribution is -2.39. The van der Waals surface area contributed by atoms with Crippen LogP contribution in [0.15, 0.2) is 60.1 Å². The van der Waals surface area contributed by atoms with Crippen molar-refractivity contribution in [2.24, 2.45) is 0 Å². The van der Waals surface area contributed by atoms with Crippen molar-refractivity contribution in [3.8, 4) is 23.0 Å². The zero-order chi connectivity index (χ0) is 29.1. The lowest BCUT2D eigenvalue weighted by Gasteiger charge is -2.26. The lowest BCUT2D eigenvalue weighted by molar-refractivity contribution is 0.0261. The van der Waals surface area contributed by atoms with Gasteiger partial charge in [0, 0.05) is 35.1 Å². The molecule has 1 fully saturated rings. The number of rotatable bonds is 3. The number of anilines is 3. The van der Waals surface area contributed by atoms with Crippen molar-refractivity contribution >= 4 is 50.7 Å². The molecular weight excluding hydrogens is 534 g/mol. The summed E-state index contributed by atoms with van der Waals surface area (Å²) in [6.45, 7) is 8.19. The number of aryl methyl sites for hydroxylation is 1. The van der Waals surface area contributed by atoms with E-state index in [0.29, 0.717) is 18.1 Å². The first-order valence-electron chi connectivity index (χ1n) is 13.5. The second kappa shape index (κ2) is 11.5. The van der Waals surface area contributed by atoms with Gasteiger partial charge in [0.25, 0.3) is 0 Å². The molecule has 41 heavy (non-hydrogen) atoms. The average Bonchev–Trinajstić information content (AvgIpc) is 3.56. The van der Waals surface area contributed by atoms with Crippen molar-refractivity contribution in [3.63, 3.8) is 0 Å². The van der Waals surface area contributed by atoms with Crippen LogP contribution in [0.2, 0.25) is 0 Å². The predicted octanol–water partition coefficient (Wildman–Crippen LogP) is 7.25. The number of nitrogens with two attached hydrogens (primary N) is 1. The number of aromatic nitrogens is 1. The van der Waals surface area contributed by atoms with Crippen LogP contribution < -0.4 is 16.4 Å². The summed E-state index contributed by atoms with van der Waals surface area (Å²) in [5.41, 5.74) is 10.9.